The van der Waals surface area contributed by atoms with Crippen molar-refractivity contribution in [2.24, 2.45) is 0 Å². The number of rotatable bonds is 8. The molecule has 0 bridgehead atoms. The largest absolute Gasteiger partial charge is 0.497 e. The molecule has 1 heterocycles. The predicted octanol–water partition coefficient (Wildman–Crippen LogP) is 1.37. The third-order valence-electron chi connectivity index (χ3n) is 4.64. The van der Waals surface area contributed by atoms with E-state index in [4.69, 9.17) is 9.47 Å². The number of hydrazine groups is 1. The minimum Gasteiger partial charge on any atom is -0.497 e. The van der Waals surface area contributed by atoms with E-state index in [0.717, 1.165) is 16.3 Å². The molecule has 0 aliphatic carbocycles. The van der Waals surface area contributed by atoms with Crippen LogP contribution in [0.25, 0.3) is 0 Å². The normalized spacial score (nSPS) is 13.4. The number of nitrogens with zero attached hydrogens (tertiary/aromatic N) is 1. The summed E-state index contributed by atoms with van der Waals surface area (Å²) >= 11 is 0. The van der Waals surface area contributed by atoms with E-state index in [9.17, 15) is 19.2 Å². The van der Waals surface area contributed by atoms with Crippen LogP contribution in [-0.2, 0) is 25.5 Å². The molecule has 2 N–H and O–H groups in total. The number of anilines is 1. The first-order chi connectivity index (χ1) is 15.0. The van der Waals surface area contributed by atoms with E-state index in [-0.39, 0.29) is 30.2 Å². The summed E-state index contributed by atoms with van der Waals surface area (Å²) in [7, 11) is 1.60. The molecule has 0 radical (unpaired) electrons. The Hall–Kier alpha value is -3.88. The lowest BCUT2D eigenvalue weighted by atomic mass is 10.1. The summed E-state index contributed by atoms with van der Waals surface area (Å²) in [6.07, 6.45) is 0.919. The van der Waals surface area contributed by atoms with Crippen LogP contribution < -0.4 is 20.5 Å². The van der Waals surface area contributed by atoms with Gasteiger partial charge in [0.2, 0.25) is 11.8 Å². The van der Waals surface area contributed by atoms with Crippen LogP contribution in [0.2, 0.25) is 0 Å². The highest BCUT2D eigenvalue weighted by molar-refractivity contribution is 6.01. The Kier molecular flexibility index (Phi) is 7.21. The first-order valence-electron chi connectivity index (χ1n) is 9.75. The van der Waals surface area contributed by atoms with Gasteiger partial charge in [-0.05, 0) is 48.4 Å². The zero-order valence-corrected chi connectivity index (χ0v) is 17.1. The number of esters is 1. The van der Waals surface area contributed by atoms with E-state index >= 15 is 0 Å². The lowest BCUT2D eigenvalue weighted by Crippen LogP contribution is -2.50. The van der Waals surface area contributed by atoms with E-state index in [1.807, 2.05) is 24.3 Å². The second kappa shape index (κ2) is 10.2. The molecule has 2 aromatic carbocycles. The van der Waals surface area contributed by atoms with E-state index in [1.165, 1.54) is 24.3 Å². The van der Waals surface area contributed by atoms with Crippen LogP contribution in [0.5, 0.6) is 5.75 Å². The standard InChI is InChI=1S/C22H23N3O6/c1-30-18-8-2-15(3-9-18)12-13-23-20(27)14-31-22(29)16-4-6-17(7-5-16)25-21(28)11-10-19(26)24-25/h2-9H,10-14H2,1H3,(H,23,27)(H,24,26). The Labute approximate surface area is 179 Å². The average Bonchev–Trinajstić information content (AvgIpc) is 2.79. The van der Waals surface area contributed by atoms with Crippen LogP contribution >= 0.6 is 0 Å². The van der Waals surface area contributed by atoms with E-state index in [1.54, 1.807) is 7.11 Å². The molecule has 1 fully saturated rings. The van der Waals surface area contributed by atoms with Gasteiger partial charge in [-0.1, -0.05) is 12.1 Å². The number of benzene rings is 2. The number of nitrogens with one attached hydrogen (secondary N) is 2. The van der Waals surface area contributed by atoms with Crippen molar-refractivity contribution in [3.05, 3.63) is 59.7 Å². The van der Waals surface area contributed by atoms with Crippen molar-refractivity contribution in [3.63, 3.8) is 0 Å². The van der Waals surface area contributed by atoms with Crippen LogP contribution in [0, 0.1) is 0 Å². The molecule has 9 nitrogen and oxygen atoms in total. The van der Waals surface area contributed by atoms with E-state index in [2.05, 4.69) is 10.7 Å². The Balaban J connectivity index is 1.42. The van der Waals surface area contributed by atoms with Gasteiger partial charge in [-0.15, -0.1) is 0 Å². The topological polar surface area (TPSA) is 114 Å². The fourth-order valence-corrected chi connectivity index (χ4v) is 2.93. The summed E-state index contributed by atoms with van der Waals surface area (Å²) in [6.45, 7) is 0.0108. The first-order valence-corrected chi connectivity index (χ1v) is 9.75. The van der Waals surface area contributed by atoms with E-state index in [0.29, 0.717) is 18.7 Å². The van der Waals surface area contributed by atoms with Gasteiger partial charge in [0.25, 0.3) is 5.91 Å². The molecule has 2 aromatic rings. The van der Waals surface area contributed by atoms with Crippen LogP contribution in [0.1, 0.15) is 28.8 Å². The fourth-order valence-electron chi connectivity index (χ4n) is 2.93. The van der Waals surface area contributed by atoms with Gasteiger partial charge < -0.3 is 14.8 Å². The number of carbonyl (C=O) groups is 4. The molecule has 1 aliphatic rings. The Bertz CT molecular complexity index is 956. The Morgan fingerprint density at radius 1 is 1.03 bits per heavy atom. The highest BCUT2D eigenvalue weighted by atomic mass is 16.5. The molecular weight excluding hydrogens is 402 g/mol. The molecule has 3 rings (SSSR count). The highest BCUT2D eigenvalue weighted by Crippen LogP contribution is 2.18. The molecule has 0 atom stereocenters. The Morgan fingerprint density at radius 3 is 2.42 bits per heavy atom. The maximum Gasteiger partial charge on any atom is 0.338 e. The second-order valence-corrected chi connectivity index (χ2v) is 6.84. The molecular formula is C22H23N3O6. The first kappa shape index (κ1) is 21.8. The fraction of sp³-hybridized carbons (Fsp3) is 0.273. The van der Waals surface area contributed by atoms with Gasteiger partial charge in [-0.25, -0.2) is 9.80 Å². The summed E-state index contributed by atoms with van der Waals surface area (Å²) in [5, 5.41) is 3.85. The average molecular weight is 425 g/mol. The zero-order chi connectivity index (χ0) is 22.2. The third-order valence-corrected chi connectivity index (χ3v) is 4.64. The van der Waals surface area contributed by atoms with Gasteiger partial charge in [0.15, 0.2) is 6.61 Å². The number of methoxy groups -OCH3 is 1. The minimum atomic E-state index is -0.661. The molecule has 1 saturated heterocycles. The molecule has 9 heteroatoms. The van der Waals surface area contributed by atoms with Crippen molar-refractivity contribution in [2.45, 2.75) is 19.3 Å². The van der Waals surface area contributed by atoms with Crippen molar-refractivity contribution in [1.29, 1.82) is 0 Å². The van der Waals surface area contributed by atoms with Crippen molar-refractivity contribution in [2.75, 3.05) is 25.3 Å². The molecule has 0 aromatic heterocycles. The molecule has 0 unspecified atom stereocenters. The number of amides is 3. The summed E-state index contributed by atoms with van der Waals surface area (Å²) in [5.74, 6) is -0.784. The zero-order valence-electron chi connectivity index (χ0n) is 17.1. The van der Waals surface area contributed by atoms with Crippen LogP contribution in [0.4, 0.5) is 5.69 Å². The Morgan fingerprint density at radius 2 is 1.74 bits per heavy atom. The molecule has 162 valence electrons. The van der Waals surface area contributed by atoms with Crippen molar-refractivity contribution >= 4 is 29.4 Å². The number of hydrogen-bond acceptors (Lipinski definition) is 6. The second-order valence-electron chi connectivity index (χ2n) is 6.84. The summed E-state index contributed by atoms with van der Waals surface area (Å²) < 4.78 is 10.1. The minimum absolute atomic E-state index is 0.128. The molecule has 31 heavy (non-hydrogen) atoms. The van der Waals surface area contributed by atoms with Gasteiger partial charge in [0.1, 0.15) is 5.75 Å². The highest BCUT2D eigenvalue weighted by Gasteiger charge is 2.24. The molecule has 0 saturated carbocycles. The molecule has 3 amide bonds. The number of carbonyl (C=O) groups excluding carboxylic acids is 4. The van der Waals surface area contributed by atoms with Crippen LogP contribution in [-0.4, -0.2) is 44.0 Å². The van der Waals surface area contributed by atoms with Gasteiger partial charge in [-0.2, -0.15) is 0 Å². The van der Waals surface area contributed by atoms with Crippen molar-refractivity contribution in [1.82, 2.24) is 10.7 Å². The number of ether oxygens (including phenoxy) is 2. The van der Waals surface area contributed by atoms with E-state index < -0.39 is 18.5 Å². The summed E-state index contributed by atoms with van der Waals surface area (Å²) in [4.78, 5) is 47.4. The summed E-state index contributed by atoms with van der Waals surface area (Å²) in [6, 6.07) is 13.5. The SMILES string of the molecule is COc1ccc(CCNC(=O)COC(=O)c2ccc(N3NC(=O)CCC3=O)cc2)cc1. The maximum atomic E-state index is 12.1. The van der Waals surface area contributed by atoms with Crippen LogP contribution in [0.3, 0.4) is 0 Å². The quantitative estimate of drug-likeness (QED) is 0.618. The van der Waals surface area contributed by atoms with Gasteiger partial charge in [-0.3, -0.25) is 19.8 Å². The smallest absolute Gasteiger partial charge is 0.338 e. The molecule has 1 aliphatic heterocycles. The van der Waals surface area contributed by atoms with Crippen molar-refractivity contribution in [3.8, 4) is 5.75 Å². The lowest BCUT2D eigenvalue weighted by Gasteiger charge is -2.27. The maximum absolute atomic E-state index is 12.1. The number of hydrogen-bond donors (Lipinski definition) is 2. The predicted molar refractivity (Wildman–Crippen MR) is 111 cm³/mol. The third kappa shape index (κ3) is 6.05. The van der Waals surface area contributed by atoms with Gasteiger partial charge >= 0.3 is 5.97 Å². The van der Waals surface area contributed by atoms with Crippen molar-refractivity contribution < 1.29 is 28.7 Å². The summed E-state index contributed by atoms with van der Waals surface area (Å²) in [5.41, 5.74) is 4.18. The van der Waals surface area contributed by atoms with Gasteiger partial charge in [0.05, 0.1) is 18.4 Å². The monoisotopic (exact) mass is 425 g/mol. The lowest BCUT2D eigenvalue weighted by molar-refractivity contribution is -0.130. The molecule has 0 spiro atoms. The van der Waals surface area contributed by atoms with Crippen LogP contribution in [0.15, 0.2) is 48.5 Å². The van der Waals surface area contributed by atoms with Gasteiger partial charge in [0, 0.05) is 19.4 Å².